The number of fused-ring (bicyclic) bond motifs is 2. The molecule has 2 aromatic heterocycles. The van der Waals surface area contributed by atoms with Crippen molar-refractivity contribution in [2.45, 2.75) is 39.9 Å². The van der Waals surface area contributed by atoms with E-state index in [2.05, 4.69) is 38.9 Å². The SMILES string of the molecule is Cc1nc2c(c(C)c1CC(=O)NCc1ccc3c(c1)CNC3)c(=O)[nH]n2C. The van der Waals surface area contributed by atoms with Crippen LogP contribution in [0.5, 0.6) is 0 Å². The highest BCUT2D eigenvalue weighted by Crippen LogP contribution is 2.20. The monoisotopic (exact) mass is 365 g/mol. The molecule has 7 heteroatoms. The number of aromatic nitrogens is 3. The van der Waals surface area contributed by atoms with Crippen molar-refractivity contribution in [1.29, 1.82) is 0 Å². The third-order valence-electron chi connectivity index (χ3n) is 5.30. The normalized spacial score (nSPS) is 13.1. The molecule has 1 amide bonds. The first-order valence-corrected chi connectivity index (χ1v) is 9.07. The molecule has 0 radical (unpaired) electrons. The van der Waals surface area contributed by atoms with E-state index in [-0.39, 0.29) is 17.9 Å². The molecular weight excluding hydrogens is 342 g/mol. The van der Waals surface area contributed by atoms with Gasteiger partial charge in [-0.15, -0.1) is 0 Å². The van der Waals surface area contributed by atoms with Crippen molar-refractivity contribution in [2.75, 3.05) is 0 Å². The second kappa shape index (κ2) is 6.66. The summed E-state index contributed by atoms with van der Waals surface area (Å²) >= 11 is 0. The third kappa shape index (κ3) is 3.14. The summed E-state index contributed by atoms with van der Waals surface area (Å²) in [5, 5.41) is 9.58. The molecule has 7 nitrogen and oxygen atoms in total. The Morgan fingerprint density at radius 3 is 2.85 bits per heavy atom. The minimum Gasteiger partial charge on any atom is -0.352 e. The number of aryl methyl sites for hydroxylation is 3. The van der Waals surface area contributed by atoms with E-state index in [0.717, 1.165) is 35.5 Å². The predicted molar refractivity (Wildman–Crippen MR) is 103 cm³/mol. The smallest absolute Gasteiger partial charge is 0.273 e. The number of H-pyrrole nitrogens is 1. The standard InChI is InChI=1S/C20H23N5O2/c1-11-16(12(2)23-19-18(11)20(27)24-25(19)3)7-17(26)22-8-13-4-5-14-9-21-10-15(14)6-13/h4-6,21H,7-10H2,1-3H3,(H,22,26)(H,24,27). The van der Waals surface area contributed by atoms with Crippen molar-refractivity contribution in [1.82, 2.24) is 25.4 Å². The van der Waals surface area contributed by atoms with E-state index in [0.29, 0.717) is 17.6 Å². The second-order valence-electron chi connectivity index (χ2n) is 7.16. The van der Waals surface area contributed by atoms with E-state index < -0.39 is 0 Å². The van der Waals surface area contributed by atoms with E-state index >= 15 is 0 Å². The van der Waals surface area contributed by atoms with Crippen molar-refractivity contribution in [3.8, 4) is 0 Å². The molecule has 1 aromatic carbocycles. The summed E-state index contributed by atoms with van der Waals surface area (Å²) < 4.78 is 1.62. The number of hydrogen-bond acceptors (Lipinski definition) is 4. The average Bonchev–Trinajstić information content (AvgIpc) is 3.20. The van der Waals surface area contributed by atoms with Crippen LogP contribution >= 0.6 is 0 Å². The Balaban J connectivity index is 1.51. The molecule has 0 fully saturated rings. The van der Waals surface area contributed by atoms with Crippen molar-refractivity contribution < 1.29 is 4.79 Å². The maximum absolute atomic E-state index is 12.5. The minimum atomic E-state index is -0.175. The van der Waals surface area contributed by atoms with Gasteiger partial charge in [0, 0.05) is 32.4 Å². The fourth-order valence-electron chi connectivity index (χ4n) is 3.79. The number of rotatable bonds is 4. The first-order valence-electron chi connectivity index (χ1n) is 9.07. The molecule has 0 saturated carbocycles. The molecule has 1 aliphatic rings. The third-order valence-corrected chi connectivity index (χ3v) is 5.30. The molecular formula is C20H23N5O2. The van der Waals surface area contributed by atoms with Crippen LogP contribution in [0.4, 0.5) is 0 Å². The number of carbonyl (C=O) groups excluding carboxylic acids is 1. The summed E-state index contributed by atoms with van der Waals surface area (Å²) in [5.74, 6) is -0.0756. The molecule has 0 bridgehead atoms. The van der Waals surface area contributed by atoms with Gasteiger partial charge in [0.15, 0.2) is 5.65 Å². The zero-order valence-electron chi connectivity index (χ0n) is 15.8. The summed E-state index contributed by atoms with van der Waals surface area (Å²) in [6, 6.07) is 6.31. The van der Waals surface area contributed by atoms with Gasteiger partial charge in [-0.2, -0.15) is 0 Å². The summed E-state index contributed by atoms with van der Waals surface area (Å²) in [6.07, 6.45) is 0.210. The summed E-state index contributed by atoms with van der Waals surface area (Å²) in [7, 11) is 1.76. The lowest BCUT2D eigenvalue weighted by Gasteiger charge is -2.11. The largest absolute Gasteiger partial charge is 0.352 e. The molecule has 0 spiro atoms. The minimum absolute atomic E-state index is 0.0756. The maximum atomic E-state index is 12.5. The van der Waals surface area contributed by atoms with Crippen molar-refractivity contribution >= 4 is 16.9 Å². The molecule has 27 heavy (non-hydrogen) atoms. The maximum Gasteiger partial charge on any atom is 0.273 e. The molecule has 0 atom stereocenters. The Morgan fingerprint density at radius 1 is 1.26 bits per heavy atom. The molecule has 3 heterocycles. The Bertz CT molecular complexity index is 1110. The summed E-state index contributed by atoms with van der Waals surface area (Å²) in [5.41, 5.74) is 6.56. The molecule has 0 saturated heterocycles. The Morgan fingerprint density at radius 2 is 2.04 bits per heavy atom. The number of nitrogens with one attached hydrogen (secondary N) is 3. The molecule has 3 aromatic rings. The van der Waals surface area contributed by atoms with E-state index in [9.17, 15) is 9.59 Å². The topological polar surface area (TPSA) is 91.8 Å². The quantitative estimate of drug-likeness (QED) is 0.651. The highest BCUT2D eigenvalue weighted by molar-refractivity contribution is 5.84. The number of pyridine rings is 1. The van der Waals surface area contributed by atoms with Crippen LogP contribution in [0.15, 0.2) is 23.0 Å². The van der Waals surface area contributed by atoms with Gasteiger partial charge >= 0.3 is 0 Å². The van der Waals surface area contributed by atoms with Gasteiger partial charge in [-0.1, -0.05) is 18.2 Å². The van der Waals surface area contributed by atoms with Crippen LogP contribution in [-0.2, 0) is 37.9 Å². The number of benzene rings is 1. The summed E-state index contributed by atoms with van der Waals surface area (Å²) in [4.78, 5) is 29.2. The van der Waals surface area contributed by atoms with Crippen LogP contribution in [0.2, 0.25) is 0 Å². The molecule has 1 aliphatic heterocycles. The Kier molecular flexibility index (Phi) is 4.31. The fourth-order valence-corrected chi connectivity index (χ4v) is 3.79. The van der Waals surface area contributed by atoms with Gasteiger partial charge in [-0.05, 0) is 41.7 Å². The predicted octanol–water partition coefficient (Wildman–Crippen LogP) is 1.34. The van der Waals surface area contributed by atoms with Crippen LogP contribution in [0.25, 0.3) is 11.0 Å². The summed E-state index contributed by atoms with van der Waals surface area (Å²) in [6.45, 7) is 6.04. The number of aromatic amines is 1. The molecule has 4 rings (SSSR count). The van der Waals surface area contributed by atoms with Crippen LogP contribution in [0.3, 0.4) is 0 Å². The molecule has 140 valence electrons. The number of hydrogen-bond donors (Lipinski definition) is 3. The highest BCUT2D eigenvalue weighted by Gasteiger charge is 2.17. The van der Waals surface area contributed by atoms with Gasteiger partial charge in [0.2, 0.25) is 5.91 Å². The van der Waals surface area contributed by atoms with E-state index in [1.807, 2.05) is 13.8 Å². The number of nitrogens with zero attached hydrogens (tertiary/aromatic N) is 2. The fraction of sp³-hybridized carbons (Fsp3) is 0.350. The van der Waals surface area contributed by atoms with Gasteiger partial charge in [0.1, 0.15) is 0 Å². The van der Waals surface area contributed by atoms with Crippen molar-refractivity contribution in [3.05, 3.63) is 62.1 Å². The lowest BCUT2D eigenvalue weighted by atomic mass is 10.0. The van der Waals surface area contributed by atoms with E-state index in [1.165, 1.54) is 11.1 Å². The van der Waals surface area contributed by atoms with Gasteiger partial charge in [0.25, 0.3) is 5.56 Å². The molecule has 0 aliphatic carbocycles. The van der Waals surface area contributed by atoms with Crippen molar-refractivity contribution in [3.63, 3.8) is 0 Å². The lowest BCUT2D eigenvalue weighted by Crippen LogP contribution is -2.25. The van der Waals surface area contributed by atoms with E-state index in [4.69, 9.17) is 0 Å². The number of carbonyl (C=O) groups is 1. The van der Waals surface area contributed by atoms with Crippen LogP contribution in [-0.4, -0.2) is 20.7 Å². The van der Waals surface area contributed by atoms with Crippen molar-refractivity contribution in [2.24, 2.45) is 7.05 Å². The Labute approximate surface area is 156 Å². The zero-order valence-corrected chi connectivity index (χ0v) is 15.8. The first kappa shape index (κ1) is 17.5. The highest BCUT2D eigenvalue weighted by atomic mass is 16.1. The van der Waals surface area contributed by atoms with E-state index in [1.54, 1.807) is 11.7 Å². The van der Waals surface area contributed by atoms with Crippen LogP contribution < -0.4 is 16.2 Å². The van der Waals surface area contributed by atoms with Gasteiger partial charge < -0.3 is 10.6 Å². The Hall–Kier alpha value is -2.93. The van der Waals surface area contributed by atoms with Crippen LogP contribution in [0.1, 0.15) is 33.5 Å². The zero-order chi connectivity index (χ0) is 19.1. The van der Waals surface area contributed by atoms with Gasteiger partial charge in [0.05, 0.1) is 11.8 Å². The molecule has 0 unspecified atom stereocenters. The van der Waals surface area contributed by atoms with Gasteiger partial charge in [-0.25, -0.2) is 4.98 Å². The number of amides is 1. The lowest BCUT2D eigenvalue weighted by molar-refractivity contribution is -0.120. The second-order valence-corrected chi connectivity index (χ2v) is 7.16. The molecule has 3 N–H and O–H groups in total. The van der Waals surface area contributed by atoms with Gasteiger partial charge in [-0.3, -0.25) is 19.4 Å². The first-order chi connectivity index (χ1) is 12.9. The average molecular weight is 365 g/mol. The van der Waals surface area contributed by atoms with Crippen LogP contribution in [0, 0.1) is 13.8 Å².